The van der Waals surface area contributed by atoms with Crippen LogP contribution in [-0.4, -0.2) is 48.9 Å². The molecular formula is C23H28F2N2O. The molecule has 0 unspecified atom stereocenters. The van der Waals surface area contributed by atoms with Gasteiger partial charge in [-0.1, -0.05) is 36.4 Å². The summed E-state index contributed by atoms with van der Waals surface area (Å²) in [6.45, 7) is 3.21. The zero-order valence-corrected chi connectivity index (χ0v) is 16.4. The van der Waals surface area contributed by atoms with Crippen LogP contribution in [0, 0.1) is 17.6 Å². The fraction of sp³-hybridized carbons (Fsp3) is 0.435. The zero-order valence-electron chi connectivity index (χ0n) is 16.4. The minimum absolute atomic E-state index is 0.141. The first-order valence-corrected chi connectivity index (χ1v) is 9.96. The van der Waals surface area contributed by atoms with Crippen molar-refractivity contribution in [2.24, 2.45) is 5.92 Å². The largest absolute Gasteiger partial charge is 0.342 e. The van der Waals surface area contributed by atoms with Crippen molar-refractivity contribution in [1.82, 2.24) is 9.80 Å². The smallest absolute Gasteiger partial charge is 0.227 e. The number of hydrogen-bond donors (Lipinski definition) is 0. The Bertz CT molecular complexity index is 761. The summed E-state index contributed by atoms with van der Waals surface area (Å²) in [7, 11) is 2.09. The molecule has 0 bridgehead atoms. The molecule has 0 radical (unpaired) electrons. The first-order chi connectivity index (χ1) is 13.5. The summed E-state index contributed by atoms with van der Waals surface area (Å²) in [5, 5.41) is 0. The third-order valence-corrected chi connectivity index (χ3v) is 5.46. The first kappa shape index (κ1) is 20.5. The van der Waals surface area contributed by atoms with E-state index in [-0.39, 0.29) is 17.9 Å². The molecule has 1 aliphatic rings. The van der Waals surface area contributed by atoms with Gasteiger partial charge in [0.25, 0.3) is 0 Å². The summed E-state index contributed by atoms with van der Waals surface area (Å²) in [5.41, 5.74) is 1.01. The minimum atomic E-state index is -0.659. The van der Waals surface area contributed by atoms with Crippen molar-refractivity contribution in [3.8, 4) is 0 Å². The van der Waals surface area contributed by atoms with Gasteiger partial charge in [-0.3, -0.25) is 4.79 Å². The molecule has 0 aliphatic carbocycles. The van der Waals surface area contributed by atoms with Crippen LogP contribution in [-0.2, 0) is 17.6 Å². The second-order valence-electron chi connectivity index (χ2n) is 7.72. The quantitative estimate of drug-likeness (QED) is 0.720. The zero-order chi connectivity index (χ0) is 19.9. The van der Waals surface area contributed by atoms with Gasteiger partial charge in [-0.15, -0.1) is 0 Å². The Kier molecular flexibility index (Phi) is 7.15. The molecule has 0 aromatic heterocycles. The fourth-order valence-corrected chi connectivity index (χ4v) is 3.92. The van der Waals surface area contributed by atoms with E-state index in [2.05, 4.69) is 11.9 Å². The Hall–Kier alpha value is -2.27. The Morgan fingerprint density at radius 3 is 2.50 bits per heavy atom. The molecule has 1 fully saturated rings. The van der Waals surface area contributed by atoms with E-state index in [1.54, 1.807) is 4.90 Å². The van der Waals surface area contributed by atoms with Gasteiger partial charge in [-0.05, 0) is 56.5 Å². The molecular weight excluding hydrogens is 358 g/mol. The van der Waals surface area contributed by atoms with Crippen LogP contribution in [0.5, 0.6) is 0 Å². The number of carbonyl (C=O) groups is 1. The number of halogens is 2. The monoisotopic (exact) mass is 386 g/mol. The minimum Gasteiger partial charge on any atom is -0.342 e. The van der Waals surface area contributed by atoms with Crippen LogP contribution in [0.1, 0.15) is 24.0 Å². The average Bonchev–Trinajstić information content (AvgIpc) is 2.69. The van der Waals surface area contributed by atoms with Gasteiger partial charge in [-0.2, -0.15) is 0 Å². The summed E-state index contributed by atoms with van der Waals surface area (Å²) >= 11 is 0. The Labute approximate surface area is 166 Å². The number of nitrogens with zero attached hydrogens (tertiary/aromatic N) is 2. The van der Waals surface area contributed by atoms with E-state index >= 15 is 0 Å². The normalized spacial score (nSPS) is 17.5. The third kappa shape index (κ3) is 5.61. The molecule has 1 aliphatic heterocycles. The lowest BCUT2D eigenvalue weighted by molar-refractivity contribution is -0.131. The second-order valence-corrected chi connectivity index (χ2v) is 7.72. The van der Waals surface area contributed by atoms with E-state index in [4.69, 9.17) is 0 Å². The molecule has 0 saturated carbocycles. The molecule has 28 heavy (non-hydrogen) atoms. The topological polar surface area (TPSA) is 23.6 Å². The van der Waals surface area contributed by atoms with Crippen molar-refractivity contribution >= 4 is 5.91 Å². The van der Waals surface area contributed by atoms with Gasteiger partial charge in [-0.25, -0.2) is 8.78 Å². The summed E-state index contributed by atoms with van der Waals surface area (Å²) in [4.78, 5) is 17.0. The number of amides is 1. The lowest BCUT2D eigenvalue weighted by atomic mass is 9.97. The van der Waals surface area contributed by atoms with Crippen LogP contribution < -0.4 is 0 Å². The number of likely N-dealkylation sites (tertiary alicyclic amines) is 1. The van der Waals surface area contributed by atoms with E-state index in [1.165, 1.54) is 18.2 Å². The van der Waals surface area contributed by atoms with Crippen molar-refractivity contribution in [2.45, 2.75) is 25.7 Å². The van der Waals surface area contributed by atoms with E-state index in [0.717, 1.165) is 37.9 Å². The number of piperidine rings is 1. The molecule has 3 nitrogen and oxygen atoms in total. The van der Waals surface area contributed by atoms with Crippen LogP contribution in [0.2, 0.25) is 0 Å². The van der Waals surface area contributed by atoms with Crippen LogP contribution in [0.4, 0.5) is 8.78 Å². The van der Waals surface area contributed by atoms with Crippen molar-refractivity contribution in [3.05, 3.63) is 71.3 Å². The van der Waals surface area contributed by atoms with Crippen molar-refractivity contribution in [2.75, 3.05) is 33.2 Å². The molecule has 1 amide bonds. The summed E-state index contributed by atoms with van der Waals surface area (Å²) < 4.78 is 28.0. The van der Waals surface area contributed by atoms with Gasteiger partial charge in [0.2, 0.25) is 5.91 Å². The Morgan fingerprint density at radius 1 is 1.11 bits per heavy atom. The highest BCUT2D eigenvalue weighted by Gasteiger charge is 2.24. The third-order valence-electron chi connectivity index (χ3n) is 5.46. The van der Waals surface area contributed by atoms with Crippen LogP contribution in [0.15, 0.2) is 48.5 Å². The maximum Gasteiger partial charge on any atom is 0.227 e. The molecule has 2 aromatic carbocycles. The number of rotatable bonds is 7. The van der Waals surface area contributed by atoms with Crippen LogP contribution >= 0.6 is 0 Å². The number of benzene rings is 2. The van der Waals surface area contributed by atoms with E-state index in [1.807, 2.05) is 30.3 Å². The average molecular weight is 386 g/mol. The predicted molar refractivity (Wildman–Crippen MR) is 107 cm³/mol. The van der Waals surface area contributed by atoms with Gasteiger partial charge in [0.1, 0.15) is 11.6 Å². The summed E-state index contributed by atoms with van der Waals surface area (Å²) in [6.07, 6.45) is 2.68. The first-order valence-electron chi connectivity index (χ1n) is 9.96. The molecule has 1 atom stereocenters. The van der Waals surface area contributed by atoms with E-state index in [0.29, 0.717) is 19.0 Å². The molecule has 5 heteroatoms. The standard InChI is InChI=1S/C23H28F2N2O/c1-26-13-6-9-19(16-26)17-27(14-12-18-7-3-2-4-8-18)23(28)15-20-21(24)10-5-11-22(20)25/h2-5,7-8,10-11,19H,6,9,12-17H2,1H3/t19-/m0/s1. The van der Waals surface area contributed by atoms with Crippen molar-refractivity contribution in [3.63, 3.8) is 0 Å². The molecule has 0 spiro atoms. The molecule has 3 rings (SSSR count). The van der Waals surface area contributed by atoms with Crippen LogP contribution in [0.3, 0.4) is 0 Å². The van der Waals surface area contributed by atoms with Gasteiger partial charge in [0, 0.05) is 25.2 Å². The Balaban J connectivity index is 1.71. The van der Waals surface area contributed by atoms with Gasteiger partial charge < -0.3 is 9.80 Å². The highest BCUT2D eigenvalue weighted by molar-refractivity contribution is 5.79. The van der Waals surface area contributed by atoms with E-state index in [9.17, 15) is 13.6 Å². The lowest BCUT2D eigenvalue weighted by Gasteiger charge is -2.34. The molecule has 0 N–H and O–H groups in total. The van der Waals surface area contributed by atoms with Crippen molar-refractivity contribution < 1.29 is 13.6 Å². The SMILES string of the molecule is CN1CCC[C@H](CN(CCc2ccccc2)C(=O)Cc2c(F)cccc2F)C1. The Morgan fingerprint density at radius 2 is 1.82 bits per heavy atom. The van der Waals surface area contributed by atoms with Gasteiger partial charge in [0.05, 0.1) is 6.42 Å². The lowest BCUT2D eigenvalue weighted by Crippen LogP contribution is -2.43. The second kappa shape index (κ2) is 9.78. The fourth-order valence-electron chi connectivity index (χ4n) is 3.92. The van der Waals surface area contributed by atoms with Crippen molar-refractivity contribution in [1.29, 1.82) is 0 Å². The number of hydrogen-bond acceptors (Lipinski definition) is 2. The van der Waals surface area contributed by atoms with Crippen LogP contribution in [0.25, 0.3) is 0 Å². The molecule has 150 valence electrons. The predicted octanol–water partition coefficient (Wildman–Crippen LogP) is 3.92. The van der Waals surface area contributed by atoms with Gasteiger partial charge in [0.15, 0.2) is 0 Å². The number of carbonyl (C=O) groups excluding carboxylic acids is 1. The molecule has 1 saturated heterocycles. The maximum absolute atomic E-state index is 14.0. The maximum atomic E-state index is 14.0. The van der Waals surface area contributed by atoms with E-state index < -0.39 is 11.6 Å². The highest BCUT2D eigenvalue weighted by atomic mass is 19.1. The molecule has 1 heterocycles. The van der Waals surface area contributed by atoms with Gasteiger partial charge >= 0.3 is 0 Å². The highest BCUT2D eigenvalue weighted by Crippen LogP contribution is 2.19. The molecule has 2 aromatic rings. The summed E-state index contributed by atoms with van der Waals surface area (Å²) in [5.74, 6) is -1.14. The summed E-state index contributed by atoms with van der Waals surface area (Å²) in [6, 6.07) is 13.7.